The van der Waals surface area contributed by atoms with E-state index in [0.29, 0.717) is 24.2 Å². The molecule has 0 bridgehead atoms. The Bertz CT molecular complexity index is 1260. The smallest absolute Gasteiger partial charge is 0.264 e. The predicted octanol–water partition coefficient (Wildman–Crippen LogP) is 4.42. The molecule has 0 saturated carbocycles. The van der Waals surface area contributed by atoms with Crippen molar-refractivity contribution in [2.75, 3.05) is 31.6 Å². The van der Waals surface area contributed by atoms with Gasteiger partial charge < -0.3 is 9.80 Å². The SMILES string of the molecule is C[C@H](c1nccs1)N1C(=O)c2cccc(N3CCC[C@H](C(=O)N(C)CCc4ccccc4)C3)c2C1=O. The Hall–Kier alpha value is -3.52. The summed E-state index contributed by atoms with van der Waals surface area (Å²) in [5.41, 5.74) is 2.82. The first-order chi connectivity index (χ1) is 17.5. The molecular formula is C28H30N4O3S. The third kappa shape index (κ3) is 4.53. The van der Waals surface area contributed by atoms with Crippen molar-refractivity contribution in [3.63, 3.8) is 0 Å². The Morgan fingerprint density at radius 1 is 1.14 bits per heavy atom. The molecule has 0 aliphatic carbocycles. The van der Waals surface area contributed by atoms with E-state index in [1.807, 2.05) is 54.6 Å². The highest BCUT2D eigenvalue weighted by Gasteiger charge is 2.42. The van der Waals surface area contributed by atoms with Gasteiger partial charge >= 0.3 is 0 Å². The molecule has 1 fully saturated rings. The highest BCUT2D eigenvalue weighted by atomic mass is 32.1. The van der Waals surface area contributed by atoms with Crippen molar-refractivity contribution >= 4 is 34.7 Å². The van der Waals surface area contributed by atoms with E-state index in [1.165, 1.54) is 21.8 Å². The number of rotatable bonds is 7. The van der Waals surface area contributed by atoms with Crippen LogP contribution < -0.4 is 4.90 Å². The molecule has 186 valence electrons. The number of carbonyl (C=O) groups excluding carboxylic acids is 3. The Labute approximate surface area is 215 Å². The van der Waals surface area contributed by atoms with Gasteiger partial charge in [0.25, 0.3) is 11.8 Å². The van der Waals surface area contributed by atoms with Gasteiger partial charge in [0, 0.05) is 38.3 Å². The van der Waals surface area contributed by atoms with Gasteiger partial charge in [0.2, 0.25) is 5.91 Å². The molecule has 0 spiro atoms. The summed E-state index contributed by atoms with van der Waals surface area (Å²) in [6.45, 7) is 3.78. The van der Waals surface area contributed by atoms with Crippen LogP contribution in [0.5, 0.6) is 0 Å². The highest BCUT2D eigenvalue weighted by Crippen LogP contribution is 2.38. The molecule has 1 aromatic heterocycles. The number of likely N-dealkylation sites (N-methyl/N-ethyl adjacent to an activating group) is 1. The summed E-state index contributed by atoms with van der Waals surface area (Å²) in [4.78, 5) is 49.6. The second-order valence-electron chi connectivity index (χ2n) is 9.51. The Balaban J connectivity index is 1.32. The predicted molar refractivity (Wildman–Crippen MR) is 140 cm³/mol. The number of hydrogen-bond acceptors (Lipinski definition) is 6. The number of carbonyl (C=O) groups is 3. The van der Waals surface area contributed by atoms with Gasteiger partial charge in [-0.15, -0.1) is 11.3 Å². The van der Waals surface area contributed by atoms with Crippen LogP contribution in [-0.4, -0.2) is 59.2 Å². The van der Waals surface area contributed by atoms with Gasteiger partial charge in [-0.1, -0.05) is 36.4 Å². The van der Waals surface area contributed by atoms with Gasteiger partial charge in [-0.25, -0.2) is 4.98 Å². The number of fused-ring (bicyclic) bond motifs is 1. The maximum absolute atomic E-state index is 13.5. The van der Waals surface area contributed by atoms with Crippen LogP contribution in [0, 0.1) is 5.92 Å². The largest absolute Gasteiger partial charge is 0.370 e. The number of amides is 3. The molecule has 36 heavy (non-hydrogen) atoms. The van der Waals surface area contributed by atoms with Gasteiger partial charge in [0.05, 0.1) is 28.8 Å². The third-order valence-corrected chi connectivity index (χ3v) is 8.13. The summed E-state index contributed by atoms with van der Waals surface area (Å²) >= 11 is 1.43. The number of benzene rings is 2. The van der Waals surface area contributed by atoms with Crippen LogP contribution in [0.4, 0.5) is 5.69 Å². The summed E-state index contributed by atoms with van der Waals surface area (Å²) in [7, 11) is 1.87. The van der Waals surface area contributed by atoms with E-state index in [-0.39, 0.29) is 23.6 Å². The summed E-state index contributed by atoms with van der Waals surface area (Å²) in [5.74, 6) is -0.593. The van der Waals surface area contributed by atoms with Crippen LogP contribution in [0.1, 0.15) is 57.1 Å². The lowest BCUT2D eigenvalue weighted by atomic mass is 9.94. The van der Waals surface area contributed by atoms with Gasteiger partial charge in [-0.3, -0.25) is 19.3 Å². The molecule has 0 radical (unpaired) electrons. The molecule has 5 rings (SSSR count). The lowest BCUT2D eigenvalue weighted by Crippen LogP contribution is -2.44. The zero-order valence-corrected chi connectivity index (χ0v) is 21.4. The second-order valence-corrected chi connectivity index (χ2v) is 10.4. The van der Waals surface area contributed by atoms with Crippen molar-refractivity contribution in [3.8, 4) is 0 Å². The fourth-order valence-electron chi connectivity index (χ4n) is 5.21. The summed E-state index contributed by atoms with van der Waals surface area (Å²) in [5, 5.41) is 2.57. The number of nitrogens with zero attached hydrogens (tertiary/aromatic N) is 4. The lowest BCUT2D eigenvalue weighted by Gasteiger charge is -2.36. The van der Waals surface area contributed by atoms with Crippen molar-refractivity contribution in [3.05, 3.63) is 81.8 Å². The maximum atomic E-state index is 13.5. The van der Waals surface area contributed by atoms with E-state index in [9.17, 15) is 14.4 Å². The standard InChI is InChI=1S/C28H30N4O3S/c1-19(25-29-14-17-36-25)32-27(34)22-11-6-12-23(24(22)28(32)35)31-15-7-10-21(18-31)26(33)30(2)16-13-20-8-4-3-5-9-20/h3-6,8-9,11-12,14,17,19,21H,7,10,13,15-16,18H2,1-2H3/t19-,21+/m1/s1. The molecule has 7 nitrogen and oxygen atoms in total. The molecule has 2 atom stereocenters. The van der Waals surface area contributed by atoms with E-state index in [0.717, 1.165) is 36.5 Å². The van der Waals surface area contributed by atoms with Crippen molar-refractivity contribution in [1.82, 2.24) is 14.8 Å². The fourth-order valence-corrected chi connectivity index (χ4v) is 5.90. The molecule has 3 heterocycles. The number of aromatic nitrogens is 1. The fraction of sp³-hybridized carbons (Fsp3) is 0.357. The number of anilines is 1. The number of piperidine rings is 1. The molecule has 8 heteroatoms. The first-order valence-electron chi connectivity index (χ1n) is 12.4. The average molecular weight is 503 g/mol. The van der Waals surface area contributed by atoms with E-state index < -0.39 is 6.04 Å². The molecule has 2 aliphatic rings. The van der Waals surface area contributed by atoms with Gasteiger partial charge in [0.15, 0.2) is 0 Å². The Morgan fingerprint density at radius 2 is 1.94 bits per heavy atom. The van der Waals surface area contributed by atoms with Crippen molar-refractivity contribution in [2.24, 2.45) is 5.92 Å². The van der Waals surface area contributed by atoms with Gasteiger partial charge in [-0.05, 0) is 43.9 Å². The summed E-state index contributed by atoms with van der Waals surface area (Å²) in [6.07, 6.45) is 4.17. The summed E-state index contributed by atoms with van der Waals surface area (Å²) in [6, 6.07) is 15.2. The van der Waals surface area contributed by atoms with Crippen LogP contribution >= 0.6 is 11.3 Å². The van der Waals surface area contributed by atoms with Crippen molar-refractivity contribution in [2.45, 2.75) is 32.2 Å². The van der Waals surface area contributed by atoms with E-state index in [1.54, 1.807) is 12.3 Å². The summed E-state index contributed by atoms with van der Waals surface area (Å²) < 4.78 is 0. The molecule has 3 amide bonds. The van der Waals surface area contributed by atoms with Crippen molar-refractivity contribution < 1.29 is 14.4 Å². The number of hydrogen-bond donors (Lipinski definition) is 0. The minimum absolute atomic E-state index is 0.129. The first-order valence-corrected chi connectivity index (χ1v) is 13.3. The van der Waals surface area contributed by atoms with Crippen LogP contribution in [-0.2, 0) is 11.2 Å². The van der Waals surface area contributed by atoms with E-state index >= 15 is 0 Å². The zero-order valence-electron chi connectivity index (χ0n) is 20.6. The molecule has 2 aliphatic heterocycles. The average Bonchev–Trinajstić information content (AvgIpc) is 3.54. The van der Waals surface area contributed by atoms with Gasteiger partial charge in [0.1, 0.15) is 5.01 Å². The van der Waals surface area contributed by atoms with Crippen LogP contribution in [0.15, 0.2) is 60.1 Å². The van der Waals surface area contributed by atoms with Crippen molar-refractivity contribution in [1.29, 1.82) is 0 Å². The number of thiazole rings is 1. The monoisotopic (exact) mass is 502 g/mol. The van der Waals surface area contributed by atoms with Gasteiger partial charge in [-0.2, -0.15) is 0 Å². The molecule has 2 aromatic carbocycles. The molecular weight excluding hydrogens is 472 g/mol. The minimum atomic E-state index is -0.431. The molecule has 0 unspecified atom stereocenters. The quantitative estimate of drug-likeness (QED) is 0.447. The van der Waals surface area contributed by atoms with Crippen LogP contribution in [0.2, 0.25) is 0 Å². The Kier molecular flexibility index (Phi) is 6.87. The Morgan fingerprint density at radius 3 is 2.69 bits per heavy atom. The number of imide groups is 1. The first kappa shape index (κ1) is 24.2. The normalized spacial score (nSPS) is 18.3. The maximum Gasteiger partial charge on any atom is 0.264 e. The minimum Gasteiger partial charge on any atom is -0.370 e. The van der Waals surface area contributed by atoms with E-state index in [2.05, 4.69) is 22.0 Å². The zero-order chi connectivity index (χ0) is 25.2. The van der Waals surface area contributed by atoms with Crippen LogP contribution in [0.25, 0.3) is 0 Å². The second kappa shape index (κ2) is 10.2. The van der Waals surface area contributed by atoms with Crippen LogP contribution in [0.3, 0.4) is 0 Å². The molecule has 3 aromatic rings. The molecule has 0 N–H and O–H groups in total. The van der Waals surface area contributed by atoms with E-state index in [4.69, 9.17) is 0 Å². The molecule has 1 saturated heterocycles. The third-order valence-electron chi connectivity index (χ3n) is 7.19. The lowest BCUT2D eigenvalue weighted by molar-refractivity contribution is -0.134. The highest BCUT2D eigenvalue weighted by molar-refractivity contribution is 7.09. The topological polar surface area (TPSA) is 73.8 Å².